The Morgan fingerprint density at radius 1 is 1.16 bits per heavy atom. The smallest absolute Gasteiger partial charge is 0.313 e. The molecule has 0 fully saturated rings. The van der Waals surface area contributed by atoms with Crippen molar-refractivity contribution in [2.45, 2.75) is 33.0 Å². The lowest BCUT2D eigenvalue weighted by molar-refractivity contribution is -0.137. The van der Waals surface area contributed by atoms with Crippen LogP contribution >= 0.6 is 0 Å². The van der Waals surface area contributed by atoms with E-state index in [1.807, 2.05) is 13.8 Å². The first-order valence-corrected chi connectivity index (χ1v) is 6.03. The number of nitriles is 1. The molecule has 0 aromatic heterocycles. The number of halogens is 3. The summed E-state index contributed by atoms with van der Waals surface area (Å²) >= 11 is 0. The van der Waals surface area contributed by atoms with Gasteiger partial charge in [-0.1, -0.05) is 12.1 Å². The molecule has 1 aromatic rings. The Hall–Kier alpha value is -1.54. The highest BCUT2D eigenvalue weighted by Crippen LogP contribution is 2.29. The Labute approximate surface area is 111 Å². The highest BCUT2D eigenvalue weighted by Gasteiger charge is 2.29. The number of nitrogens with zero attached hydrogens (tertiary/aromatic N) is 1. The predicted octanol–water partition coefficient (Wildman–Crippen LogP) is 3.73. The van der Waals surface area contributed by atoms with Crippen molar-refractivity contribution in [2.75, 3.05) is 6.54 Å². The van der Waals surface area contributed by atoms with Gasteiger partial charge in [-0.25, -0.2) is 0 Å². The standard InChI is InChI=1S/C14H17F3N2/c1-13(2,10-18)7-8-19-9-11-3-5-12(6-4-11)14(15,16)17/h3-6,19H,7-9H2,1-2H3. The lowest BCUT2D eigenvalue weighted by Crippen LogP contribution is -2.21. The third-order valence-corrected chi connectivity index (χ3v) is 2.84. The van der Waals surface area contributed by atoms with Crippen LogP contribution in [-0.2, 0) is 12.7 Å². The van der Waals surface area contributed by atoms with Crippen molar-refractivity contribution < 1.29 is 13.2 Å². The van der Waals surface area contributed by atoms with E-state index in [2.05, 4.69) is 11.4 Å². The third kappa shape index (κ3) is 5.31. The molecule has 0 saturated heterocycles. The summed E-state index contributed by atoms with van der Waals surface area (Å²) in [6, 6.07) is 7.29. The van der Waals surface area contributed by atoms with Crippen molar-refractivity contribution in [1.29, 1.82) is 5.26 Å². The molecule has 0 radical (unpaired) electrons. The molecule has 0 aliphatic rings. The summed E-state index contributed by atoms with van der Waals surface area (Å²) in [5.41, 5.74) is -0.225. The molecule has 0 atom stereocenters. The molecule has 19 heavy (non-hydrogen) atoms. The van der Waals surface area contributed by atoms with Crippen molar-refractivity contribution >= 4 is 0 Å². The van der Waals surface area contributed by atoms with E-state index in [9.17, 15) is 13.2 Å². The van der Waals surface area contributed by atoms with Crippen molar-refractivity contribution in [2.24, 2.45) is 5.41 Å². The fourth-order valence-electron chi connectivity index (χ4n) is 1.50. The quantitative estimate of drug-likeness (QED) is 0.827. The minimum atomic E-state index is -4.29. The van der Waals surface area contributed by atoms with Crippen LogP contribution in [-0.4, -0.2) is 6.54 Å². The van der Waals surface area contributed by atoms with Gasteiger partial charge >= 0.3 is 6.18 Å². The molecule has 1 rings (SSSR count). The number of alkyl halides is 3. The zero-order valence-electron chi connectivity index (χ0n) is 11.0. The average Bonchev–Trinajstić information content (AvgIpc) is 2.34. The summed E-state index contributed by atoms with van der Waals surface area (Å²) in [5, 5.41) is 12.0. The van der Waals surface area contributed by atoms with Crippen LogP contribution < -0.4 is 5.32 Å². The number of rotatable bonds is 5. The first-order chi connectivity index (χ1) is 8.74. The second-order valence-electron chi connectivity index (χ2n) is 5.12. The van der Waals surface area contributed by atoms with Crippen LogP contribution in [0.3, 0.4) is 0 Å². The summed E-state index contributed by atoms with van der Waals surface area (Å²) in [7, 11) is 0. The van der Waals surface area contributed by atoms with Crippen LogP contribution in [0, 0.1) is 16.7 Å². The van der Waals surface area contributed by atoms with Gasteiger partial charge in [-0.15, -0.1) is 0 Å². The van der Waals surface area contributed by atoms with Crippen LogP contribution in [0.15, 0.2) is 24.3 Å². The molecule has 0 spiro atoms. The largest absolute Gasteiger partial charge is 0.416 e. The van der Waals surface area contributed by atoms with Gasteiger partial charge < -0.3 is 5.32 Å². The molecule has 1 N–H and O–H groups in total. The van der Waals surface area contributed by atoms with Crippen LogP contribution in [0.2, 0.25) is 0 Å². The Balaban J connectivity index is 2.41. The lowest BCUT2D eigenvalue weighted by Gasteiger charge is -2.15. The van der Waals surface area contributed by atoms with Gasteiger partial charge in [0.15, 0.2) is 0 Å². The molecule has 0 heterocycles. The lowest BCUT2D eigenvalue weighted by atomic mass is 9.91. The molecule has 0 amide bonds. The van der Waals surface area contributed by atoms with Gasteiger partial charge in [-0.05, 0) is 44.5 Å². The van der Waals surface area contributed by atoms with Crippen molar-refractivity contribution in [3.05, 3.63) is 35.4 Å². The summed E-state index contributed by atoms with van der Waals surface area (Å²) in [6.45, 7) is 4.86. The van der Waals surface area contributed by atoms with E-state index in [1.54, 1.807) is 0 Å². The summed E-state index contributed by atoms with van der Waals surface area (Å²) < 4.78 is 37.1. The van der Waals surface area contributed by atoms with Gasteiger partial charge in [0.1, 0.15) is 0 Å². The Kier molecular flexibility index (Phi) is 4.96. The molecule has 0 saturated carbocycles. The zero-order valence-corrected chi connectivity index (χ0v) is 11.0. The van der Waals surface area contributed by atoms with E-state index in [4.69, 9.17) is 5.26 Å². The number of hydrogen-bond acceptors (Lipinski definition) is 2. The van der Waals surface area contributed by atoms with Gasteiger partial charge in [0, 0.05) is 6.54 Å². The summed E-state index contributed by atoms with van der Waals surface area (Å²) in [4.78, 5) is 0. The number of benzene rings is 1. The Morgan fingerprint density at radius 3 is 2.21 bits per heavy atom. The molecule has 0 aliphatic heterocycles. The second kappa shape index (κ2) is 6.07. The monoisotopic (exact) mass is 270 g/mol. The van der Waals surface area contributed by atoms with E-state index in [1.165, 1.54) is 12.1 Å². The van der Waals surface area contributed by atoms with E-state index in [0.717, 1.165) is 17.7 Å². The van der Waals surface area contributed by atoms with E-state index < -0.39 is 11.7 Å². The first-order valence-electron chi connectivity index (χ1n) is 6.03. The Bertz CT molecular complexity index is 441. The maximum Gasteiger partial charge on any atom is 0.416 e. The van der Waals surface area contributed by atoms with Gasteiger partial charge in [0.25, 0.3) is 0 Å². The third-order valence-electron chi connectivity index (χ3n) is 2.84. The van der Waals surface area contributed by atoms with Crippen molar-refractivity contribution in [3.63, 3.8) is 0 Å². The SMILES string of the molecule is CC(C)(C#N)CCNCc1ccc(C(F)(F)F)cc1. The average molecular weight is 270 g/mol. The van der Waals surface area contributed by atoms with E-state index in [0.29, 0.717) is 19.5 Å². The van der Waals surface area contributed by atoms with Gasteiger partial charge in [-0.3, -0.25) is 0 Å². The molecule has 5 heteroatoms. The van der Waals surface area contributed by atoms with Crippen molar-refractivity contribution in [3.8, 4) is 6.07 Å². The van der Waals surface area contributed by atoms with Crippen LogP contribution in [0.5, 0.6) is 0 Å². The number of hydrogen-bond donors (Lipinski definition) is 1. The molecule has 0 bridgehead atoms. The predicted molar refractivity (Wildman–Crippen MR) is 67.2 cm³/mol. The molecular weight excluding hydrogens is 253 g/mol. The fraction of sp³-hybridized carbons (Fsp3) is 0.500. The minimum absolute atomic E-state index is 0.382. The molecular formula is C14H17F3N2. The molecule has 2 nitrogen and oxygen atoms in total. The van der Waals surface area contributed by atoms with Gasteiger partial charge in [0.2, 0.25) is 0 Å². The highest BCUT2D eigenvalue weighted by atomic mass is 19.4. The van der Waals surface area contributed by atoms with Crippen LogP contribution in [0.25, 0.3) is 0 Å². The van der Waals surface area contributed by atoms with Crippen LogP contribution in [0.1, 0.15) is 31.4 Å². The van der Waals surface area contributed by atoms with E-state index >= 15 is 0 Å². The first kappa shape index (κ1) is 15.5. The summed E-state index contributed by atoms with van der Waals surface area (Å²) in [6.07, 6.45) is -3.59. The maximum absolute atomic E-state index is 12.4. The molecule has 104 valence electrons. The molecule has 0 aliphatic carbocycles. The Morgan fingerprint density at radius 2 is 1.74 bits per heavy atom. The topological polar surface area (TPSA) is 35.8 Å². The normalized spacial score (nSPS) is 12.2. The van der Waals surface area contributed by atoms with E-state index in [-0.39, 0.29) is 5.41 Å². The minimum Gasteiger partial charge on any atom is -0.313 e. The fourth-order valence-corrected chi connectivity index (χ4v) is 1.50. The van der Waals surface area contributed by atoms with Crippen molar-refractivity contribution in [1.82, 2.24) is 5.32 Å². The van der Waals surface area contributed by atoms with Gasteiger partial charge in [0.05, 0.1) is 17.0 Å². The van der Waals surface area contributed by atoms with Gasteiger partial charge in [-0.2, -0.15) is 18.4 Å². The maximum atomic E-state index is 12.4. The van der Waals surface area contributed by atoms with Crippen LogP contribution in [0.4, 0.5) is 13.2 Å². The number of nitrogens with one attached hydrogen (secondary N) is 1. The molecule has 1 aromatic carbocycles. The highest BCUT2D eigenvalue weighted by molar-refractivity contribution is 5.24. The second-order valence-corrected chi connectivity index (χ2v) is 5.12. The summed E-state index contributed by atoms with van der Waals surface area (Å²) in [5.74, 6) is 0. The molecule has 0 unspecified atom stereocenters. The zero-order chi connectivity index (χ0) is 14.5.